The summed E-state index contributed by atoms with van der Waals surface area (Å²) in [4.78, 5) is 0. The smallest absolute Gasteiger partial charge is 0.188 e. The van der Waals surface area contributed by atoms with Crippen LogP contribution in [-0.4, -0.2) is 39.5 Å². The Bertz CT molecular complexity index is 1030. The second-order valence-corrected chi connectivity index (χ2v) is 8.06. The normalized spacial score (nSPS) is 19.7. The molecule has 1 N–H and O–H groups in total. The summed E-state index contributed by atoms with van der Waals surface area (Å²) < 4.78 is 27.4. The van der Waals surface area contributed by atoms with Crippen molar-refractivity contribution >= 4 is 0 Å². The van der Waals surface area contributed by atoms with Crippen molar-refractivity contribution in [1.29, 1.82) is 0 Å². The van der Waals surface area contributed by atoms with Gasteiger partial charge in [-0.05, 0) is 41.5 Å². The molecule has 3 aromatic carbocycles. The van der Waals surface area contributed by atoms with Gasteiger partial charge in [-0.3, -0.25) is 0 Å². The molecule has 4 rings (SSSR count). The molecule has 32 heavy (non-hydrogen) atoms. The fourth-order valence-electron chi connectivity index (χ4n) is 4.27. The molecular formula is C26H28O6. The summed E-state index contributed by atoms with van der Waals surface area (Å²) in [5.41, 5.74) is 2.94. The van der Waals surface area contributed by atoms with Crippen LogP contribution in [-0.2, 0) is 14.9 Å². The summed E-state index contributed by atoms with van der Waals surface area (Å²) in [6.07, 6.45) is 0. The lowest BCUT2D eigenvalue weighted by Crippen LogP contribution is -2.40. The van der Waals surface area contributed by atoms with Crippen molar-refractivity contribution in [1.82, 2.24) is 0 Å². The lowest BCUT2D eigenvalue weighted by Gasteiger charge is -2.43. The van der Waals surface area contributed by atoms with E-state index in [4.69, 9.17) is 23.7 Å². The Morgan fingerprint density at radius 1 is 0.875 bits per heavy atom. The summed E-state index contributed by atoms with van der Waals surface area (Å²) in [5.74, 6) is 2.48. The van der Waals surface area contributed by atoms with Crippen molar-refractivity contribution in [2.45, 2.75) is 18.3 Å². The van der Waals surface area contributed by atoms with E-state index in [9.17, 15) is 5.11 Å². The van der Waals surface area contributed by atoms with Gasteiger partial charge in [0.1, 0.15) is 23.0 Å². The zero-order valence-electron chi connectivity index (χ0n) is 18.5. The molecule has 0 aromatic heterocycles. The number of hydrogen-bond donors (Lipinski definition) is 1. The zero-order valence-corrected chi connectivity index (χ0v) is 18.5. The van der Waals surface area contributed by atoms with Gasteiger partial charge in [-0.15, -0.1) is 0 Å². The summed E-state index contributed by atoms with van der Waals surface area (Å²) >= 11 is 0. The van der Waals surface area contributed by atoms with Crippen LogP contribution in [0.25, 0.3) is 0 Å². The third-order valence-corrected chi connectivity index (χ3v) is 5.89. The third-order valence-electron chi connectivity index (χ3n) is 5.89. The van der Waals surface area contributed by atoms with Crippen molar-refractivity contribution in [3.05, 3.63) is 83.4 Å². The van der Waals surface area contributed by atoms with Crippen molar-refractivity contribution < 1.29 is 28.8 Å². The molecule has 0 saturated carbocycles. The number of phenolic OH excluding ortho intramolecular Hbond substituents is 1. The Kier molecular flexibility index (Phi) is 6.53. The first-order chi connectivity index (χ1) is 15.5. The van der Waals surface area contributed by atoms with E-state index in [0.29, 0.717) is 12.4 Å². The van der Waals surface area contributed by atoms with E-state index >= 15 is 0 Å². The van der Waals surface area contributed by atoms with E-state index in [-0.39, 0.29) is 30.7 Å². The molecule has 0 radical (unpaired) electrons. The van der Waals surface area contributed by atoms with E-state index in [1.807, 2.05) is 42.5 Å². The molecule has 0 amide bonds. The second-order valence-electron chi connectivity index (χ2n) is 8.06. The summed E-state index contributed by atoms with van der Waals surface area (Å²) in [7, 11) is 3.19. The minimum absolute atomic E-state index is 0.00840. The molecule has 2 atom stereocenters. The van der Waals surface area contributed by atoms with Crippen molar-refractivity contribution in [3.8, 4) is 23.0 Å². The van der Waals surface area contributed by atoms with Crippen LogP contribution in [0.15, 0.2) is 66.7 Å². The molecule has 1 aliphatic heterocycles. The van der Waals surface area contributed by atoms with Gasteiger partial charge >= 0.3 is 0 Å². The van der Waals surface area contributed by atoms with E-state index in [2.05, 4.69) is 19.1 Å². The van der Waals surface area contributed by atoms with Crippen LogP contribution in [0, 0.1) is 0 Å². The highest BCUT2D eigenvalue weighted by Crippen LogP contribution is 2.50. The molecule has 1 heterocycles. The molecule has 0 bridgehead atoms. The predicted molar refractivity (Wildman–Crippen MR) is 121 cm³/mol. The Morgan fingerprint density at radius 2 is 1.50 bits per heavy atom. The number of benzene rings is 3. The van der Waals surface area contributed by atoms with Crippen LogP contribution >= 0.6 is 0 Å². The average Bonchev–Trinajstić information content (AvgIpc) is 2.82. The highest BCUT2D eigenvalue weighted by molar-refractivity contribution is 5.53. The number of methoxy groups -OCH3 is 2. The topological polar surface area (TPSA) is 66.4 Å². The minimum Gasteiger partial charge on any atom is -0.508 e. The molecule has 2 unspecified atom stereocenters. The zero-order chi connectivity index (χ0) is 22.6. The third kappa shape index (κ3) is 4.38. The molecule has 3 aromatic rings. The first-order valence-corrected chi connectivity index (χ1v) is 10.4. The van der Waals surface area contributed by atoms with Crippen LogP contribution < -0.4 is 14.2 Å². The minimum atomic E-state index is -0.349. The fourth-order valence-corrected chi connectivity index (χ4v) is 4.27. The number of hydrogen-bond acceptors (Lipinski definition) is 6. The summed E-state index contributed by atoms with van der Waals surface area (Å²) in [6, 6.07) is 21.3. The maximum atomic E-state index is 9.84. The monoisotopic (exact) mass is 436 g/mol. The summed E-state index contributed by atoms with van der Waals surface area (Å²) in [6.45, 7) is 3.07. The lowest BCUT2D eigenvalue weighted by molar-refractivity contribution is 0.0505. The van der Waals surface area contributed by atoms with Crippen LogP contribution in [0.2, 0.25) is 0 Å². The Labute approximate surface area is 188 Å². The van der Waals surface area contributed by atoms with E-state index in [1.165, 1.54) is 0 Å². The molecule has 0 spiro atoms. The van der Waals surface area contributed by atoms with Crippen molar-refractivity contribution in [2.24, 2.45) is 0 Å². The number of rotatable bonds is 8. The molecule has 0 aliphatic carbocycles. The van der Waals surface area contributed by atoms with Crippen LogP contribution in [0.3, 0.4) is 0 Å². The summed E-state index contributed by atoms with van der Waals surface area (Å²) in [5, 5.41) is 9.84. The quantitative estimate of drug-likeness (QED) is 0.510. The van der Waals surface area contributed by atoms with Gasteiger partial charge in [-0.2, -0.15) is 0 Å². The molecule has 6 nitrogen and oxygen atoms in total. The Hall–Kier alpha value is -3.22. The largest absolute Gasteiger partial charge is 0.508 e. The Balaban J connectivity index is 1.75. The Morgan fingerprint density at radius 3 is 2.16 bits per heavy atom. The SMILES string of the molecule is COCOc1ccc(C2(C)COc3cc(OCOC)ccc3C2c2ccc(O)cc2)cc1. The maximum Gasteiger partial charge on any atom is 0.188 e. The number of fused-ring (bicyclic) bond motifs is 1. The molecule has 6 heteroatoms. The number of aromatic hydroxyl groups is 1. The average molecular weight is 437 g/mol. The van der Waals surface area contributed by atoms with Gasteiger partial charge in [-0.25, -0.2) is 0 Å². The van der Waals surface area contributed by atoms with Gasteiger partial charge in [0.05, 0.1) is 6.61 Å². The molecule has 1 aliphatic rings. The molecule has 0 saturated heterocycles. The standard InChI is InChI=1S/C26H28O6/c1-26(19-6-10-21(11-7-19)31-16-28-2)15-30-24-14-22(32-17-29-3)12-13-23(24)25(26)18-4-8-20(27)9-5-18/h4-14,25,27H,15-17H2,1-3H3. The lowest BCUT2D eigenvalue weighted by atomic mass is 9.65. The number of ether oxygens (including phenoxy) is 5. The van der Waals surface area contributed by atoms with Gasteiger partial charge in [0.25, 0.3) is 0 Å². The van der Waals surface area contributed by atoms with Gasteiger partial charge < -0.3 is 28.8 Å². The van der Waals surface area contributed by atoms with Gasteiger partial charge in [0.2, 0.25) is 0 Å². The van der Waals surface area contributed by atoms with Gasteiger partial charge in [0, 0.05) is 37.2 Å². The van der Waals surface area contributed by atoms with E-state index in [0.717, 1.165) is 28.2 Å². The predicted octanol–water partition coefficient (Wildman–Crippen LogP) is 4.84. The van der Waals surface area contributed by atoms with Gasteiger partial charge in [-0.1, -0.05) is 37.3 Å². The molecule has 0 fully saturated rings. The van der Waals surface area contributed by atoms with Crippen LogP contribution in [0.5, 0.6) is 23.0 Å². The molecule has 168 valence electrons. The van der Waals surface area contributed by atoms with Gasteiger partial charge in [0.15, 0.2) is 13.6 Å². The first-order valence-electron chi connectivity index (χ1n) is 10.4. The van der Waals surface area contributed by atoms with Crippen molar-refractivity contribution in [3.63, 3.8) is 0 Å². The van der Waals surface area contributed by atoms with Crippen molar-refractivity contribution in [2.75, 3.05) is 34.4 Å². The first kappa shape index (κ1) is 22.0. The fraction of sp³-hybridized carbons (Fsp3) is 0.308. The second kappa shape index (κ2) is 9.51. The maximum absolute atomic E-state index is 9.84. The van der Waals surface area contributed by atoms with Crippen LogP contribution in [0.4, 0.5) is 0 Å². The highest BCUT2D eigenvalue weighted by atomic mass is 16.7. The number of phenols is 1. The van der Waals surface area contributed by atoms with Crippen LogP contribution in [0.1, 0.15) is 29.5 Å². The van der Waals surface area contributed by atoms with E-state index in [1.54, 1.807) is 26.4 Å². The van der Waals surface area contributed by atoms with E-state index < -0.39 is 0 Å². The highest BCUT2D eigenvalue weighted by Gasteiger charge is 2.43. The molecular weight excluding hydrogens is 408 g/mol.